The second kappa shape index (κ2) is 7.13. The molecule has 1 aromatic heterocycles. The number of halogens is 1. The fourth-order valence-electron chi connectivity index (χ4n) is 1.22. The molecule has 5 nitrogen and oxygen atoms in total. The summed E-state index contributed by atoms with van der Waals surface area (Å²) in [6.45, 7) is 0.547. The molecule has 0 spiro atoms. The van der Waals surface area contributed by atoms with E-state index in [1.807, 2.05) is 0 Å². The Balaban J connectivity index is 2.20. The van der Waals surface area contributed by atoms with Gasteiger partial charge in [-0.15, -0.1) is 11.3 Å². The van der Waals surface area contributed by atoms with E-state index in [-0.39, 0.29) is 11.7 Å². The minimum Gasteiger partial charge on any atom is -0.409 e. The Kier molecular flexibility index (Phi) is 5.79. The van der Waals surface area contributed by atoms with Gasteiger partial charge in [-0.3, -0.25) is 4.79 Å². The smallest absolute Gasteiger partial charge is 0.262 e. The van der Waals surface area contributed by atoms with Crippen molar-refractivity contribution in [3.8, 4) is 0 Å². The van der Waals surface area contributed by atoms with Gasteiger partial charge in [0.05, 0.1) is 5.02 Å². The molecule has 0 saturated heterocycles. The van der Waals surface area contributed by atoms with Crippen LogP contribution in [0.25, 0.3) is 0 Å². The van der Waals surface area contributed by atoms with Crippen molar-refractivity contribution >= 4 is 34.7 Å². The summed E-state index contributed by atoms with van der Waals surface area (Å²) in [6, 6.07) is 1.69. The lowest BCUT2D eigenvalue weighted by Crippen LogP contribution is -2.24. The molecule has 1 heterocycles. The summed E-state index contributed by atoms with van der Waals surface area (Å²) in [5.74, 6) is 0.0476. The number of carbonyl (C=O) groups excluding carboxylic acids is 1. The molecule has 1 aromatic rings. The molecule has 0 fully saturated rings. The lowest BCUT2D eigenvalue weighted by atomic mass is 10.2. The van der Waals surface area contributed by atoms with Crippen LogP contribution in [0.2, 0.25) is 5.02 Å². The molecule has 7 heteroatoms. The summed E-state index contributed by atoms with van der Waals surface area (Å²) >= 11 is 7.14. The average Bonchev–Trinajstić information content (AvgIpc) is 2.74. The van der Waals surface area contributed by atoms with Crippen LogP contribution < -0.4 is 11.1 Å². The number of hydrogen-bond donors (Lipinski definition) is 3. The van der Waals surface area contributed by atoms with E-state index >= 15 is 0 Å². The molecule has 0 radical (unpaired) electrons. The first-order valence-corrected chi connectivity index (χ1v) is 6.38. The molecule has 0 aliphatic carbocycles. The summed E-state index contributed by atoms with van der Waals surface area (Å²) < 4.78 is 0. The molecule has 17 heavy (non-hydrogen) atoms. The molecule has 0 aliphatic rings. The van der Waals surface area contributed by atoms with Crippen LogP contribution in [0.4, 0.5) is 0 Å². The largest absolute Gasteiger partial charge is 0.409 e. The van der Waals surface area contributed by atoms with Crippen LogP contribution in [0, 0.1) is 0 Å². The second-order valence-corrected chi connectivity index (χ2v) is 4.73. The van der Waals surface area contributed by atoms with Crippen molar-refractivity contribution in [3.63, 3.8) is 0 Å². The average molecular weight is 276 g/mol. The Morgan fingerprint density at radius 1 is 1.59 bits per heavy atom. The molecular weight excluding hydrogens is 262 g/mol. The van der Waals surface area contributed by atoms with Gasteiger partial charge in [-0.25, -0.2) is 0 Å². The van der Waals surface area contributed by atoms with Crippen LogP contribution in [-0.4, -0.2) is 23.5 Å². The van der Waals surface area contributed by atoms with E-state index in [1.54, 1.807) is 11.4 Å². The molecular formula is C10H14ClN3O2S. The van der Waals surface area contributed by atoms with Crippen LogP contribution in [0.15, 0.2) is 16.6 Å². The number of nitrogens with zero attached hydrogens (tertiary/aromatic N) is 1. The van der Waals surface area contributed by atoms with Gasteiger partial charge >= 0.3 is 0 Å². The van der Waals surface area contributed by atoms with Gasteiger partial charge in [0.15, 0.2) is 0 Å². The number of amidine groups is 1. The number of nitrogens with two attached hydrogens (primary N) is 1. The van der Waals surface area contributed by atoms with Crippen molar-refractivity contribution in [2.24, 2.45) is 10.9 Å². The zero-order valence-electron chi connectivity index (χ0n) is 9.15. The van der Waals surface area contributed by atoms with E-state index < -0.39 is 0 Å². The normalized spacial score (nSPS) is 11.5. The summed E-state index contributed by atoms with van der Waals surface area (Å²) in [7, 11) is 0. The monoisotopic (exact) mass is 275 g/mol. The van der Waals surface area contributed by atoms with Gasteiger partial charge < -0.3 is 16.3 Å². The zero-order valence-corrected chi connectivity index (χ0v) is 10.7. The number of nitrogens with one attached hydrogen (secondary N) is 1. The van der Waals surface area contributed by atoms with Crippen molar-refractivity contribution in [2.45, 2.75) is 19.3 Å². The predicted octanol–water partition coefficient (Wildman–Crippen LogP) is 2.05. The predicted molar refractivity (Wildman–Crippen MR) is 68.9 cm³/mol. The third kappa shape index (κ3) is 4.62. The van der Waals surface area contributed by atoms with E-state index in [2.05, 4.69) is 10.5 Å². The highest BCUT2D eigenvalue weighted by Crippen LogP contribution is 2.21. The minimum atomic E-state index is -0.159. The number of carbonyl (C=O) groups is 1. The highest BCUT2D eigenvalue weighted by atomic mass is 35.5. The van der Waals surface area contributed by atoms with E-state index in [0.29, 0.717) is 22.9 Å². The number of unbranched alkanes of at least 4 members (excludes halogenated alkanes) is 1. The SMILES string of the molecule is N/C(CCCCNC(=O)c1sccc1Cl)=N/O. The van der Waals surface area contributed by atoms with Crippen LogP contribution in [0.3, 0.4) is 0 Å². The first-order chi connectivity index (χ1) is 8.15. The highest BCUT2D eigenvalue weighted by Gasteiger charge is 2.10. The summed E-state index contributed by atoms with van der Waals surface area (Å²) in [6.07, 6.45) is 2.05. The molecule has 0 atom stereocenters. The third-order valence-electron chi connectivity index (χ3n) is 2.10. The number of hydrogen-bond acceptors (Lipinski definition) is 4. The molecule has 1 amide bonds. The van der Waals surface area contributed by atoms with Crippen LogP contribution in [-0.2, 0) is 0 Å². The van der Waals surface area contributed by atoms with E-state index in [0.717, 1.165) is 12.8 Å². The van der Waals surface area contributed by atoms with Gasteiger partial charge in [0, 0.05) is 13.0 Å². The van der Waals surface area contributed by atoms with Crippen LogP contribution in [0.5, 0.6) is 0 Å². The number of rotatable bonds is 6. The van der Waals surface area contributed by atoms with Crippen molar-refractivity contribution in [1.82, 2.24) is 5.32 Å². The highest BCUT2D eigenvalue weighted by molar-refractivity contribution is 7.12. The van der Waals surface area contributed by atoms with Gasteiger partial charge in [-0.1, -0.05) is 16.8 Å². The van der Waals surface area contributed by atoms with Crippen molar-refractivity contribution in [1.29, 1.82) is 0 Å². The molecule has 0 aliphatic heterocycles. The maximum Gasteiger partial charge on any atom is 0.262 e. The Morgan fingerprint density at radius 2 is 2.35 bits per heavy atom. The van der Waals surface area contributed by atoms with E-state index in [9.17, 15) is 4.79 Å². The molecule has 1 rings (SSSR count). The quantitative estimate of drug-likeness (QED) is 0.244. The maximum atomic E-state index is 11.6. The molecule has 0 aromatic carbocycles. The van der Waals surface area contributed by atoms with Gasteiger partial charge in [0.2, 0.25) is 0 Å². The lowest BCUT2D eigenvalue weighted by Gasteiger charge is -2.03. The first kappa shape index (κ1) is 13.8. The Morgan fingerprint density at radius 3 is 2.94 bits per heavy atom. The Labute approximate surface area is 108 Å². The van der Waals surface area contributed by atoms with Crippen molar-refractivity contribution in [3.05, 3.63) is 21.3 Å². The molecule has 94 valence electrons. The fraction of sp³-hybridized carbons (Fsp3) is 0.400. The van der Waals surface area contributed by atoms with Crippen LogP contribution >= 0.6 is 22.9 Å². The van der Waals surface area contributed by atoms with E-state index in [1.165, 1.54) is 11.3 Å². The van der Waals surface area contributed by atoms with Gasteiger partial charge in [0.1, 0.15) is 10.7 Å². The Bertz CT molecular complexity index is 406. The number of oxime groups is 1. The van der Waals surface area contributed by atoms with E-state index in [4.69, 9.17) is 22.5 Å². The fourth-order valence-corrected chi connectivity index (χ4v) is 2.28. The van der Waals surface area contributed by atoms with Gasteiger partial charge in [0.25, 0.3) is 5.91 Å². The zero-order chi connectivity index (χ0) is 12.7. The molecule has 0 unspecified atom stereocenters. The molecule has 4 N–H and O–H groups in total. The first-order valence-electron chi connectivity index (χ1n) is 5.12. The van der Waals surface area contributed by atoms with Crippen LogP contribution in [0.1, 0.15) is 28.9 Å². The van der Waals surface area contributed by atoms with Crippen molar-refractivity contribution < 1.29 is 10.0 Å². The summed E-state index contributed by atoms with van der Waals surface area (Å²) in [4.78, 5) is 12.1. The minimum absolute atomic E-state index is 0.159. The third-order valence-corrected chi connectivity index (χ3v) is 3.44. The van der Waals surface area contributed by atoms with Gasteiger partial charge in [-0.05, 0) is 24.3 Å². The van der Waals surface area contributed by atoms with Crippen molar-refractivity contribution in [2.75, 3.05) is 6.54 Å². The maximum absolute atomic E-state index is 11.6. The number of amides is 1. The number of thiophene rings is 1. The second-order valence-electron chi connectivity index (χ2n) is 3.40. The summed E-state index contributed by atoms with van der Waals surface area (Å²) in [5, 5.41) is 16.2. The molecule has 0 bridgehead atoms. The summed E-state index contributed by atoms with van der Waals surface area (Å²) in [5.41, 5.74) is 5.31. The standard InChI is InChI=1S/C10H14ClN3O2S/c11-7-4-6-17-9(7)10(15)13-5-2-1-3-8(12)14-16/h4,6,16H,1-3,5H2,(H2,12,14)(H,13,15). The topological polar surface area (TPSA) is 87.7 Å². The molecule has 0 saturated carbocycles. The van der Waals surface area contributed by atoms with Gasteiger partial charge in [-0.2, -0.15) is 0 Å². The lowest BCUT2D eigenvalue weighted by molar-refractivity contribution is 0.0957. The Hall–Kier alpha value is -1.27.